The maximum atomic E-state index is 12.6. The summed E-state index contributed by atoms with van der Waals surface area (Å²) in [6.45, 7) is 5.76. The zero-order valence-electron chi connectivity index (χ0n) is 11.2. The van der Waals surface area contributed by atoms with Crippen LogP contribution in [0.5, 0.6) is 0 Å². The quantitative estimate of drug-likeness (QED) is 0.756. The summed E-state index contributed by atoms with van der Waals surface area (Å²) in [5, 5.41) is 0. The molecule has 0 aromatic carbocycles. The molecule has 2 unspecified atom stereocenters. The van der Waals surface area contributed by atoms with E-state index in [-0.39, 0.29) is 12.0 Å². The second kappa shape index (κ2) is 5.37. The van der Waals surface area contributed by atoms with E-state index >= 15 is 0 Å². The minimum absolute atomic E-state index is 0.0426. The number of nitrogens with zero attached hydrogens (tertiary/aromatic N) is 2. The molecule has 0 bridgehead atoms. The summed E-state index contributed by atoms with van der Waals surface area (Å²) >= 11 is 0. The molecule has 2 rings (SSSR count). The van der Waals surface area contributed by atoms with Gasteiger partial charge in [0.2, 0.25) is 0 Å². The largest absolute Gasteiger partial charge is 0.401 e. The smallest absolute Gasteiger partial charge is 0.298 e. The van der Waals surface area contributed by atoms with E-state index in [1.165, 1.54) is 6.42 Å². The number of alkyl halides is 3. The van der Waals surface area contributed by atoms with Gasteiger partial charge in [-0.05, 0) is 25.3 Å². The number of piperazine rings is 1. The Morgan fingerprint density at radius 3 is 2.50 bits per heavy atom. The van der Waals surface area contributed by atoms with Gasteiger partial charge in [0, 0.05) is 25.2 Å². The highest BCUT2D eigenvalue weighted by molar-refractivity contribution is 4.92. The third-order valence-electron chi connectivity index (χ3n) is 4.24. The fourth-order valence-corrected chi connectivity index (χ4v) is 3.31. The molecule has 0 aromatic heterocycles. The van der Waals surface area contributed by atoms with E-state index in [9.17, 15) is 13.2 Å². The first-order valence-corrected chi connectivity index (χ1v) is 6.91. The van der Waals surface area contributed by atoms with Crippen LogP contribution in [0.1, 0.15) is 33.1 Å². The van der Waals surface area contributed by atoms with Crippen LogP contribution in [0.4, 0.5) is 13.2 Å². The van der Waals surface area contributed by atoms with Gasteiger partial charge in [-0.2, -0.15) is 13.2 Å². The lowest BCUT2D eigenvalue weighted by Crippen LogP contribution is -2.62. The first kappa shape index (κ1) is 14.1. The van der Waals surface area contributed by atoms with Crippen molar-refractivity contribution >= 4 is 0 Å². The second-order valence-electron chi connectivity index (χ2n) is 6.00. The van der Waals surface area contributed by atoms with Gasteiger partial charge < -0.3 is 0 Å². The monoisotopic (exact) mass is 264 g/mol. The Kier molecular flexibility index (Phi) is 4.22. The highest BCUT2D eigenvalue weighted by atomic mass is 19.4. The minimum Gasteiger partial charge on any atom is -0.298 e. The molecule has 2 atom stereocenters. The van der Waals surface area contributed by atoms with Gasteiger partial charge in [0.05, 0.1) is 6.54 Å². The SMILES string of the molecule is CC(C)C1CN2CCCCC2CN1CC(F)(F)F. The van der Waals surface area contributed by atoms with Crippen molar-refractivity contribution in [2.24, 2.45) is 5.92 Å². The first-order chi connectivity index (χ1) is 8.37. The fraction of sp³-hybridized carbons (Fsp3) is 1.00. The van der Waals surface area contributed by atoms with Crippen molar-refractivity contribution in [1.82, 2.24) is 9.80 Å². The third kappa shape index (κ3) is 3.38. The van der Waals surface area contributed by atoms with Crippen LogP contribution in [0, 0.1) is 5.92 Å². The zero-order chi connectivity index (χ0) is 13.3. The van der Waals surface area contributed by atoms with Crippen molar-refractivity contribution in [2.75, 3.05) is 26.2 Å². The molecule has 2 nitrogen and oxygen atoms in total. The van der Waals surface area contributed by atoms with Gasteiger partial charge >= 0.3 is 6.18 Å². The van der Waals surface area contributed by atoms with Crippen LogP contribution in [0.2, 0.25) is 0 Å². The molecule has 2 saturated heterocycles. The highest BCUT2D eigenvalue weighted by Gasteiger charge is 2.41. The van der Waals surface area contributed by atoms with Gasteiger partial charge in [-0.15, -0.1) is 0 Å². The molecule has 0 spiro atoms. The second-order valence-corrected chi connectivity index (χ2v) is 6.00. The normalized spacial score (nSPS) is 31.7. The summed E-state index contributed by atoms with van der Waals surface area (Å²) in [7, 11) is 0. The van der Waals surface area contributed by atoms with Crippen LogP contribution in [-0.2, 0) is 0 Å². The molecule has 2 aliphatic rings. The minimum atomic E-state index is -4.08. The van der Waals surface area contributed by atoms with E-state index in [1.807, 2.05) is 13.8 Å². The number of hydrogen-bond acceptors (Lipinski definition) is 2. The first-order valence-electron chi connectivity index (χ1n) is 6.91. The number of piperidine rings is 1. The summed E-state index contributed by atoms with van der Waals surface area (Å²) in [6.07, 6.45) is -0.670. The summed E-state index contributed by atoms with van der Waals surface area (Å²) in [5.74, 6) is 0.273. The molecule has 5 heteroatoms. The van der Waals surface area contributed by atoms with E-state index in [0.717, 1.165) is 25.9 Å². The van der Waals surface area contributed by atoms with Crippen molar-refractivity contribution in [3.63, 3.8) is 0 Å². The molecule has 2 heterocycles. The van der Waals surface area contributed by atoms with Gasteiger partial charge in [-0.3, -0.25) is 9.80 Å². The highest BCUT2D eigenvalue weighted by Crippen LogP contribution is 2.29. The van der Waals surface area contributed by atoms with Crippen molar-refractivity contribution in [2.45, 2.75) is 51.4 Å². The van der Waals surface area contributed by atoms with E-state index < -0.39 is 12.7 Å². The van der Waals surface area contributed by atoms with Gasteiger partial charge in [0.15, 0.2) is 0 Å². The molecule has 2 aliphatic heterocycles. The van der Waals surface area contributed by atoms with Gasteiger partial charge in [-0.25, -0.2) is 0 Å². The Morgan fingerprint density at radius 1 is 1.17 bits per heavy atom. The number of hydrogen-bond donors (Lipinski definition) is 0. The molecule has 0 aromatic rings. The molecular weight excluding hydrogens is 241 g/mol. The molecule has 18 heavy (non-hydrogen) atoms. The fourth-order valence-electron chi connectivity index (χ4n) is 3.31. The number of rotatable bonds is 2. The lowest BCUT2D eigenvalue weighted by atomic mass is 9.92. The summed E-state index contributed by atoms with van der Waals surface area (Å²) < 4.78 is 37.9. The van der Waals surface area contributed by atoms with Gasteiger partial charge in [0.25, 0.3) is 0 Å². The van der Waals surface area contributed by atoms with E-state index in [2.05, 4.69) is 4.90 Å². The Morgan fingerprint density at radius 2 is 1.89 bits per heavy atom. The van der Waals surface area contributed by atoms with Crippen LogP contribution < -0.4 is 0 Å². The molecule has 0 N–H and O–H groups in total. The van der Waals surface area contributed by atoms with Crippen molar-refractivity contribution in [3.05, 3.63) is 0 Å². The topological polar surface area (TPSA) is 6.48 Å². The van der Waals surface area contributed by atoms with Crippen LogP contribution in [0.15, 0.2) is 0 Å². The predicted molar refractivity (Wildman–Crippen MR) is 65.5 cm³/mol. The van der Waals surface area contributed by atoms with E-state index in [4.69, 9.17) is 0 Å². The molecule has 106 valence electrons. The molecular formula is C13H23F3N2. The van der Waals surface area contributed by atoms with Gasteiger partial charge in [-0.1, -0.05) is 20.3 Å². The molecule has 0 aliphatic carbocycles. The summed E-state index contributed by atoms with van der Waals surface area (Å²) in [5.41, 5.74) is 0. The maximum absolute atomic E-state index is 12.6. The van der Waals surface area contributed by atoms with E-state index in [0.29, 0.717) is 12.6 Å². The average Bonchev–Trinajstić information content (AvgIpc) is 2.25. The predicted octanol–water partition coefficient (Wildman–Crippen LogP) is 2.74. The Balaban J connectivity index is 2.05. The molecule has 0 radical (unpaired) electrons. The van der Waals surface area contributed by atoms with E-state index in [1.54, 1.807) is 4.90 Å². The van der Waals surface area contributed by atoms with Crippen LogP contribution in [0.25, 0.3) is 0 Å². The summed E-state index contributed by atoms with van der Waals surface area (Å²) in [6, 6.07) is 0.386. The Bertz CT molecular complexity index is 278. The van der Waals surface area contributed by atoms with Crippen molar-refractivity contribution < 1.29 is 13.2 Å². The van der Waals surface area contributed by atoms with Crippen molar-refractivity contribution in [1.29, 1.82) is 0 Å². The Labute approximate surface area is 107 Å². The molecule has 2 fully saturated rings. The third-order valence-corrected chi connectivity index (χ3v) is 4.24. The van der Waals surface area contributed by atoms with Crippen LogP contribution >= 0.6 is 0 Å². The maximum Gasteiger partial charge on any atom is 0.401 e. The van der Waals surface area contributed by atoms with Crippen LogP contribution in [0.3, 0.4) is 0 Å². The van der Waals surface area contributed by atoms with Crippen molar-refractivity contribution in [3.8, 4) is 0 Å². The lowest BCUT2D eigenvalue weighted by molar-refractivity contribution is -0.163. The van der Waals surface area contributed by atoms with Crippen LogP contribution in [-0.4, -0.2) is 54.2 Å². The lowest BCUT2D eigenvalue weighted by Gasteiger charge is -2.49. The standard InChI is InChI=1S/C13H23F3N2/c1-10(2)12-8-17-6-4-3-5-11(17)7-18(12)9-13(14,15)16/h10-12H,3-9H2,1-2H3. The molecule has 0 amide bonds. The van der Waals surface area contributed by atoms with Gasteiger partial charge in [0.1, 0.15) is 0 Å². The Hall–Kier alpha value is -0.290. The number of fused-ring (bicyclic) bond motifs is 1. The average molecular weight is 264 g/mol. The molecule has 0 saturated carbocycles. The zero-order valence-corrected chi connectivity index (χ0v) is 11.2. The summed E-state index contributed by atoms with van der Waals surface area (Å²) in [4.78, 5) is 4.07. The number of halogens is 3.